The molecule has 0 radical (unpaired) electrons. The maximum absolute atomic E-state index is 14.4. The van der Waals surface area contributed by atoms with Crippen molar-refractivity contribution in [3.63, 3.8) is 0 Å². The SMILES string of the molecule is O=C(Cc1ccc2c(c1)OCO2)N/N=C\C12c3ccccc3C(c3ccccc31)[C@H]1C(=O)N(c3ccccc3Cl)C(=O)[C@H]12. The van der Waals surface area contributed by atoms with Crippen molar-refractivity contribution in [2.24, 2.45) is 16.9 Å². The molecule has 5 aliphatic rings. The Labute approximate surface area is 251 Å². The van der Waals surface area contributed by atoms with Crippen LogP contribution in [-0.2, 0) is 26.2 Å². The first-order valence-electron chi connectivity index (χ1n) is 14.0. The van der Waals surface area contributed by atoms with E-state index in [9.17, 15) is 14.4 Å². The Morgan fingerprint density at radius 3 is 2.33 bits per heavy atom. The zero-order chi connectivity index (χ0) is 29.3. The van der Waals surface area contributed by atoms with Gasteiger partial charge in [0.15, 0.2) is 11.5 Å². The number of ether oxygens (including phenoxy) is 2. The molecule has 0 spiro atoms. The summed E-state index contributed by atoms with van der Waals surface area (Å²) >= 11 is 6.52. The lowest BCUT2D eigenvalue weighted by Crippen LogP contribution is -2.54. The topological polar surface area (TPSA) is 97.3 Å². The number of anilines is 1. The molecule has 0 unspecified atom stereocenters. The minimum atomic E-state index is -1.10. The van der Waals surface area contributed by atoms with E-state index in [2.05, 4.69) is 10.5 Å². The summed E-state index contributed by atoms with van der Waals surface area (Å²) in [6, 6.07) is 28.0. The number of benzene rings is 4. The summed E-state index contributed by atoms with van der Waals surface area (Å²) in [7, 11) is 0. The number of hydrogen-bond acceptors (Lipinski definition) is 6. The standard InChI is InChI=1S/C34H24ClN3O5/c35-24-11-5-6-12-25(24)38-32(40)30-29-20-7-1-3-9-22(20)34(31(30)33(38)41,23-10-4-2-8-21(23)29)17-36-37-28(39)16-19-13-14-26-27(15-19)43-18-42-26/h1-15,17,29-31H,16,18H2,(H,37,39)/b36-17-/t29?,30-,31+,34?/m1/s1. The average molecular weight is 590 g/mol. The minimum Gasteiger partial charge on any atom is -0.454 e. The van der Waals surface area contributed by atoms with Gasteiger partial charge < -0.3 is 9.47 Å². The number of hydrazone groups is 1. The monoisotopic (exact) mass is 589 g/mol. The molecule has 4 aromatic rings. The highest BCUT2D eigenvalue weighted by atomic mass is 35.5. The first kappa shape index (κ1) is 25.7. The molecular formula is C34H24ClN3O5. The molecule has 0 saturated carbocycles. The predicted octanol–water partition coefficient (Wildman–Crippen LogP) is 4.96. The van der Waals surface area contributed by atoms with E-state index in [1.807, 2.05) is 48.5 Å². The number of hydrogen-bond donors (Lipinski definition) is 1. The molecule has 2 heterocycles. The number of carbonyl (C=O) groups excluding carboxylic acids is 3. The first-order valence-corrected chi connectivity index (χ1v) is 14.4. The smallest absolute Gasteiger partial charge is 0.244 e. The summed E-state index contributed by atoms with van der Waals surface area (Å²) < 4.78 is 10.8. The van der Waals surface area contributed by atoms with E-state index < -0.39 is 17.3 Å². The van der Waals surface area contributed by atoms with Gasteiger partial charge in [0.2, 0.25) is 24.5 Å². The highest BCUT2D eigenvalue weighted by Gasteiger charge is 2.68. The van der Waals surface area contributed by atoms with Crippen molar-refractivity contribution in [1.82, 2.24) is 5.43 Å². The van der Waals surface area contributed by atoms with Crippen LogP contribution in [-0.4, -0.2) is 30.7 Å². The largest absolute Gasteiger partial charge is 0.454 e. The number of fused-ring (bicyclic) bond motifs is 1. The fourth-order valence-corrected chi connectivity index (χ4v) is 7.62. The van der Waals surface area contributed by atoms with Crippen molar-refractivity contribution < 1.29 is 23.9 Å². The third-order valence-corrected chi connectivity index (χ3v) is 9.36. The molecule has 43 heavy (non-hydrogen) atoms. The van der Waals surface area contributed by atoms with Crippen molar-refractivity contribution in [3.05, 3.63) is 124 Å². The van der Waals surface area contributed by atoms with E-state index in [1.54, 1.807) is 48.7 Å². The molecule has 1 fully saturated rings. The summed E-state index contributed by atoms with van der Waals surface area (Å²) in [6.07, 6.45) is 1.72. The fourth-order valence-electron chi connectivity index (χ4n) is 7.40. The first-order chi connectivity index (χ1) is 21.0. The Morgan fingerprint density at radius 1 is 0.907 bits per heavy atom. The van der Waals surface area contributed by atoms with E-state index >= 15 is 0 Å². The Kier molecular flexibility index (Phi) is 5.71. The summed E-state index contributed by atoms with van der Waals surface area (Å²) in [5, 5.41) is 4.80. The van der Waals surface area contributed by atoms with Gasteiger partial charge in [-0.2, -0.15) is 5.10 Å². The molecule has 0 aromatic heterocycles. The van der Waals surface area contributed by atoms with Crippen LogP contribution in [0.5, 0.6) is 11.5 Å². The second-order valence-corrected chi connectivity index (χ2v) is 11.6. The lowest BCUT2D eigenvalue weighted by molar-refractivity contribution is -0.123. The lowest BCUT2D eigenvalue weighted by Gasteiger charge is -2.52. The van der Waals surface area contributed by atoms with Crippen LogP contribution in [0.3, 0.4) is 0 Å². The van der Waals surface area contributed by atoms with Gasteiger partial charge in [-0.05, 0) is 52.1 Å². The van der Waals surface area contributed by atoms with Gasteiger partial charge in [-0.3, -0.25) is 14.4 Å². The number of imide groups is 1. The molecule has 3 amide bonds. The molecule has 2 bridgehead atoms. The van der Waals surface area contributed by atoms with Crippen molar-refractivity contribution in [3.8, 4) is 11.5 Å². The van der Waals surface area contributed by atoms with E-state index in [0.29, 0.717) is 22.2 Å². The van der Waals surface area contributed by atoms with E-state index in [1.165, 1.54) is 4.90 Å². The third-order valence-electron chi connectivity index (χ3n) is 9.04. The van der Waals surface area contributed by atoms with Crippen LogP contribution in [0.2, 0.25) is 5.02 Å². The number of amides is 3. The van der Waals surface area contributed by atoms with Gasteiger partial charge in [-0.15, -0.1) is 0 Å². The van der Waals surface area contributed by atoms with Crippen LogP contribution in [0.4, 0.5) is 5.69 Å². The number of nitrogens with zero attached hydrogens (tertiary/aromatic N) is 2. The maximum atomic E-state index is 14.4. The lowest BCUT2D eigenvalue weighted by atomic mass is 9.47. The molecular weight excluding hydrogens is 566 g/mol. The molecule has 2 atom stereocenters. The van der Waals surface area contributed by atoms with Crippen molar-refractivity contribution in [1.29, 1.82) is 0 Å². The van der Waals surface area contributed by atoms with Crippen molar-refractivity contribution in [2.75, 3.05) is 11.7 Å². The normalized spacial score (nSPS) is 24.2. The third kappa shape index (κ3) is 3.63. The highest BCUT2D eigenvalue weighted by molar-refractivity contribution is 6.36. The minimum absolute atomic E-state index is 0.0694. The number of rotatable bonds is 5. The molecule has 1 saturated heterocycles. The fraction of sp³-hybridized carbons (Fsp3) is 0.176. The van der Waals surface area contributed by atoms with Gasteiger partial charge in [-0.25, -0.2) is 10.3 Å². The van der Waals surface area contributed by atoms with E-state index in [0.717, 1.165) is 27.8 Å². The van der Waals surface area contributed by atoms with Crippen LogP contribution in [0.1, 0.15) is 33.7 Å². The molecule has 9 heteroatoms. The zero-order valence-corrected chi connectivity index (χ0v) is 23.5. The molecule has 212 valence electrons. The number of nitrogens with one attached hydrogen (secondary N) is 1. The second kappa shape index (κ2) is 9.54. The number of carbonyl (C=O) groups is 3. The summed E-state index contributed by atoms with van der Waals surface area (Å²) in [5.41, 5.74) is 6.43. The van der Waals surface area contributed by atoms with Gasteiger partial charge >= 0.3 is 0 Å². The van der Waals surface area contributed by atoms with Gasteiger partial charge in [0.25, 0.3) is 0 Å². The highest BCUT2D eigenvalue weighted by Crippen LogP contribution is 2.63. The predicted molar refractivity (Wildman–Crippen MR) is 159 cm³/mol. The zero-order valence-electron chi connectivity index (χ0n) is 22.7. The van der Waals surface area contributed by atoms with Crippen LogP contribution in [0.15, 0.2) is 96.1 Å². The van der Waals surface area contributed by atoms with Crippen LogP contribution < -0.4 is 19.8 Å². The Balaban J connectivity index is 1.22. The maximum Gasteiger partial charge on any atom is 0.244 e. The van der Waals surface area contributed by atoms with Crippen LogP contribution >= 0.6 is 11.6 Å². The van der Waals surface area contributed by atoms with Gasteiger partial charge in [0.05, 0.1) is 34.4 Å². The summed E-state index contributed by atoms with van der Waals surface area (Å²) in [6.45, 7) is 0.151. The quantitative estimate of drug-likeness (QED) is 0.202. The van der Waals surface area contributed by atoms with Crippen molar-refractivity contribution in [2.45, 2.75) is 17.8 Å². The van der Waals surface area contributed by atoms with Crippen molar-refractivity contribution >= 4 is 41.2 Å². The molecule has 4 aromatic carbocycles. The van der Waals surface area contributed by atoms with Crippen LogP contribution in [0.25, 0.3) is 0 Å². The van der Waals surface area contributed by atoms with Gasteiger partial charge in [0.1, 0.15) is 0 Å². The number of halogens is 1. The van der Waals surface area contributed by atoms with E-state index in [4.69, 9.17) is 21.1 Å². The van der Waals surface area contributed by atoms with Gasteiger partial charge in [0, 0.05) is 12.1 Å². The van der Waals surface area contributed by atoms with Gasteiger partial charge in [-0.1, -0.05) is 78.3 Å². The molecule has 2 aliphatic heterocycles. The average Bonchev–Trinajstić information content (AvgIpc) is 3.60. The summed E-state index contributed by atoms with van der Waals surface area (Å²) in [4.78, 5) is 42.9. The number of para-hydroxylation sites is 1. The summed E-state index contributed by atoms with van der Waals surface area (Å²) in [5.74, 6) is -1.47. The molecule has 3 aliphatic carbocycles. The second-order valence-electron chi connectivity index (χ2n) is 11.1. The molecule has 8 nitrogen and oxygen atoms in total. The Hall–Kier alpha value is -4.95. The molecule has 1 N–H and O–H groups in total. The Bertz CT molecular complexity index is 1840. The Morgan fingerprint density at radius 2 is 1.58 bits per heavy atom. The van der Waals surface area contributed by atoms with E-state index in [-0.39, 0.29) is 36.9 Å². The van der Waals surface area contributed by atoms with Crippen LogP contribution in [0, 0.1) is 11.8 Å². The molecule has 9 rings (SSSR count).